The second-order valence-corrected chi connectivity index (χ2v) is 7.13. The van der Waals surface area contributed by atoms with Gasteiger partial charge in [-0.25, -0.2) is 9.48 Å². The number of carboxylic acid groups (broad SMARTS) is 1. The Balaban J connectivity index is 1.96. The molecule has 0 bridgehead atoms. The normalized spacial score (nSPS) is 20.1. The minimum Gasteiger partial charge on any atom is -0.480 e. The number of benzene rings is 1. The fraction of sp³-hybridized carbons (Fsp3) is 0.353. The summed E-state index contributed by atoms with van der Waals surface area (Å²) < 4.78 is 1.59. The summed E-state index contributed by atoms with van der Waals surface area (Å²) in [6.45, 7) is 3.79. The van der Waals surface area contributed by atoms with Crippen molar-refractivity contribution in [3.8, 4) is 5.69 Å². The molecule has 8 heteroatoms. The van der Waals surface area contributed by atoms with Gasteiger partial charge in [-0.05, 0) is 51.0 Å². The first-order valence-corrected chi connectivity index (χ1v) is 8.57. The minimum absolute atomic E-state index is 0.206. The van der Waals surface area contributed by atoms with E-state index in [0.717, 1.165) is 5.69 Å². The summed E-state index contributed by atoms with van der Waals surface area (Å²) >= 11 is 12.0. The van der Waals surface area contributed by atoms with E-state index in [-0.39, 0.29) is 11.6 Å². The lowest BCUT2D eigenvalue weighted by atomic mass is 9.99. The number of amides is 1. The Morgan fingerprint density at radius 2 is 1.96 bits per heavy atom. The van der Waals surface area contributed by atoms with Crippen LogP contribution >= 0.6 is 23.2 Å². The van der Waals surface area contributed by atoms with E-state index in [0.29, 0.717) is 35.1 Å². The Labute approximate surface area is 154 Å². The van der Waals surface area contributed by atoms with Gasteiger partial charge in [0.15, 0.2) is 5.69 Å². The van der Waals surface area contributed by atoms with E-state index in [9.17, 15) is 14.7 Å². The van der Waals surface area contributed by atoms with Crippen LogP contribution < -0.4 is 0 Å². The molecule has 1 unspecified atom stereocenters. The molecule has 1 amide bonds. The van der Waals surface area contributed by atoms with Crippen LogP contribution in [0.25, 0.3) is 5.69 Å². The van der Waals surface area contributed by atoms with Crippen molar-refractivity contribution < 1.29 is 14.7 Å². The monoisotopic (exact) mass is 381 g/mol. The summed E-state index contributed by atoms with van der Waals surface area (Å²) in [6.07, 6.45) is 1.08. The molecule has 0 spiro atoms. The zero-order valence-corrected chi connectivity index (χ0v) is 15.3. The fourth-order valence-corrected chi connectivity index (χ4v) is 3.40. The van der Waals surface area contributed by atoms with Crippen LogP contribution in [0.2, 0.25) is 10.0 Å². The van der Waals surface area contributed by atoms with E-state index in [1.807, 2.05) is 6.92 Å². The number of carbonyl (C=O) groups is 2. The molecule has 1 aliphatic rings. The van der Waals surface area contributed by atoms with E-state index >= 15 is 0 Å². The molecule has 0 aliphatic carbocycles. The van der Waals surface area contributed by atoms with Gasteiger partial charge in [-0.15, -0.1) is 0 Å². The molecule has 6 nitrogen and oxygen atoms in total. The van der Waals surface area contributed by atoms with Crippen LogP contribution in [-0.4, -0.2) is 43.7 Å². The number of carbonyl (C=O) groups excluding carboxylic acids is 1. The summed E-state index contributed by atoms with van der Waals surface area (Å²) in [4.78, 5) is 25.8. The Hall–Kier alpha value is -2.05. The van der Waals surface area contributed by atoms with Crippen LogP contribution in [-0.2, 0) is 4.79 Å². The number of aromatic nitrogens is 2. The molecule has 25 heavy (non-hydrogen) atoms. The second kappa shape index (κ2) is 6.35. The van der Waals surface area contributed by atoms with Crippen molar-refractivity contribution in [2.75, 3.05) is 6.54 Å². The molecule has 1 fully saturated rings. The van der Waals surface area contributed by atoms with Gasteiger partial charge in [0.2, 0.25) is 0 Å². The van der Waals surface area contributed by atoms with Crippen LogP contribution in [0.4, 0.5) is 0 Å². The minimum atomic E-state index is -1.20. The highest BCUT2D eigenvalue weighted by atomic mass is 35.5. The van der Waals surface area contributed by atoms with Crippen molar-refractivity contribution in [1.82, 2.24) is 14.7 Å². The predicted molar refractivity (Wildman–Crippen MR) is 94.6 cm³/mol. The molecule has 1 aromatic heterocycles. The van der Waals surface area contributed by atoms with Gasteiger partial charge >= 0.3 is 5.97 Å². The van der Waals surface area contributed by atoms with Gasteiger partial charge in [0, 0.05) is 12.2 Å². The number of aliphatic carboxylic acids is 1. The molecule has 1 aliphatic heterocycles. The van der Waals surface area contributed by atoms with Gasteiger partial charge < -0.3 is 10.0 Å². The van der Waals surface area contributed by atoms with Crippen molar-refractivity contribution in [3.63, 3.8) is 0 Å². The largest absolute Gasteiger partial charge is 0.480 e. The van der Waals surface area contributed by atoms with Crippen molar-refractivity contribution in [3.05, 3.63) is 45.7 Å². The van der Waals surface area contributed by atoms with Gasteiger partial charge in [-0.3, -0.25) is 4.79 Å². The topological polar surface area (TPSA) is 75.4 Å². The van der Waals surface area contributed by atoms with E-state index < -0.39 is 11.5 Å². The molecule has 0 radical (unpaired) electrons. The molecule has 1 atom stereocenters. The van der Waals surface area contributed by atoms with Gasteiger partial charge in [0.05, 0.1) is 15.7 Å². The van der Waals surface area contributed by atoms with Crippen LogP contribution in [0.3, 0.4) is 0 Å². The first kappa shape index (κ1) is 17.8. The van der Waals surface area contributed by atoms with E-state index in [1.165, 1.54) is 4.90 Å². The van der Waals surface area contributed by atoms with Crippen molar-refractivity contribution in [1.29, 1.82) is 0 Å². The smallest absolute Gasteiger partial charge is 0.329 e. The van der Waals surface area contributed by atoms with Crippen molar-refractivity contribution in [2.24, 2.45) is 0 Å². The summed E-state index contributed by atoms with van der Waals surface area (Å²) in [5.74, 6) is -1.39. The zero-order valence-electron chi connectivity index (χ0n) is 13.8. The highest BCUT2D eigenvalue weighted by Gasteiger charge is 2.46. The molecule has 1 saturated heterocycles. The SMILES string of the molecule is Cc1cc(C(=O)N2CCCC2(C)C(=O)O)nn1-c1ccc(Cl)c(Cl)c1. The van der Waals surface area contributed by atoms with E-state index in [1.54, 1.807) is 35.9 Å². The second-order valence-electron chi connectivity index (χ2n) is 6.32. The lowest BCUT2D eigenvalue weighted by Crippen LogP contribution is -2.50. The molecule has 2 heterocycles. The fourth-order valence-electron chi connectivity index (χ4n) is 3.11. The zero-order chi connectivity index (χ0) is 18.4. The number of likely N-dealkylation sites (tertiary alicyclic amines) is 1. The lowest BCUT2D eigenvalue weighted by Gasteiger charge is -2.30. The number of rotatable bonds is 3. The first-order valence-electron chi connectivity index (χ1n) is 7.81. The van der Waals surface area contributed by atoms with Crippen LogP contribution in [0.1, 0.15) is 35.9 Å². The highest BCUT2D eigenvalue weighted by molar-refractivity contribution is 6.42. The van der Waals surface area contributed by atoms with Gasteiger partial charge in [0.25, 0.3) is 5.91 Å². The number of hydrogen-bond donors (Lipinski definition) is 1. The Morgan fingerprint density at radius 1 is 1.24 bits per heavy atom. The van der Waals surface area contributed by atoms with Gasteiger partial charge in [-0.1, -0.05) is 23.2 Å². The predicted octanol–water partition coefficient (Wildman–Crippen LogP) is 3.57. The Kier molecular flexibility index (Phi) is 4.51. The number of halogens is 2. The highest BCUT2D eigenvalue weighted by Crippen LogP contribution is 2.31. The number of nitrogens with zero attached hydrogens (tertiary/aromatic N) is 3. The number of hydrogen-bond acceptors (Lipinski definition) is 3. The first-order chi connectivity index (χ1) is 11.7. The summed E-state index contributed by atoms with van der Waals surface area (Å²) in [6, 6.07) is 6.71. The average molecular weight is 382 g/mol. The third-order valence-electron chi connectivity index (χ3n) is 4.60. The molecule has 0 saturated carbocycles. The standard InChI is InChI=1S/C17H17Cl2N3O3/c1-10-8-14(15(23)21-7-3-6-17(21,2)16(24)25)20-22(10)11-4-5-12(18)13(19)9-11/h4-5,8-9H,3,6-7H2,1-2H3,(H,24,25). The molecule has 1 N–H and O–H groups in total. The van der Waals surface area contributed by atoms with E-state index in [2.05, 4.69) is 5.10 Å². The average Bonchev–Trinajstić information content (AvgIpc) is 3.14. The summed E-state index contributed by atoms with van der Waals surface area (Å²) in [5, 5.41) is 14.7. The molecule has 1 aromatic carbocycles. The molecule has 2 aromatic rings. The van der Waals surface area contributed by atoms with Gasteiger partial charge in [-0.2, -0.15) is 5.10 Å². The van der Waals surface area contributed by atoms with Gasteiger partial charge in [0.1, 0.15) is 5.54 Å². The van der Waals surface area contributed by atoms with E-state index in [4.69, 9.17) is 23.2 Å². The third kappa shape index (κ3) is 3.00. The van der Waals surface area contributed by atoms with Crippen LogP contribution in [0.15, 0.2) is 24.3 Å². The maximum Gasteiger partial charge on any atom is 0.329 e. The quantitative estimate of drug-likeness (QED) is 0.881. The molecular formula is C17H17Cl2N3O3. The number of carboxylic acids is 1. The molecular weight excluding hydrogens is 365 g/mol. The van der Waals surface area contributed by atoms with Crippen LogP contribution in [0.5, 0.6) is 0 Å². The molecule has 132 valence electrons. The lowest BCUT2D eigenvalue weighted by molar-refractivity contribution is -0.147. The third-order valence-corrected chi connectivity index (χ3v) is 5.34. The Morgan fingerprint density at radius 3 is 2.60 bits per heavy atom. The van der Waals surface area contributed by atoms with Crippen molar-refractivity contribution >= 4 is 35.1 Å². The van der Waals surface area contributed by atoms with Crippen molar-refractivity contribution in [2.45, 2.75) is 32.2 Å². The maximum atomic E-state index is 12.8. The van der Waals surface area contributed by atoms with Crippen LogP contribution in [0, 0.1) is 6.92 Å². The summed E-state index contributed by atoms with van der Waals surface area (Å²) in [7, 11) is 0. The maximum absolute atomic E-state index is 12.8. The summed E-state index contributed by atoms with van der Waals surface area (Å²) in [5.41, 5.74) is 0.419. The number of aryl methyl sites for hydroxylation is 1. The Bertz CT molecular complexity index is 865. The molecule has 3 rings (SSSR count).